The smallest absolute Gasteiger partial charge is 0.134 e. The van der Waals surface area contributed by atoms with Gasteiger partial charge in [-0.1, -0.05) is 41.4 Å². The Hall–Kier alpha value is -1.77. The highest BCUT2D eigenvalue weighted by Crippen LogP contribution is 2.29. The number of benzene rings is 2. The molecule has 0 aliphatic heterocycles. The molecule has 0 radical (unpaired) electrons. The lowest BCUT2D eigenvalue weighted by atomic mass is 10.0. The monoisotopic (exact) mass is 285 g/mol. The Morgan fingerprint density at radius 3 is 2.50 bits per heavy atom. The number of hydrogen-bond acceptors (Lipinski definition) is 2. The zero-order valence-electron chi connectivity index (χ0n) is 11.5. The maximum Gasteiger partial charge on any atom is 0.134 e. The predicted molar refractivity (Wildman–Crippen MR) is 83.3 cm³/mol. The molecule has 2 nitrogen and oxygen atoms in total. The Bertz CT molecular complexity index is 730. The molecular weight excluding hydrogens is 270 g/mol. The van der Waals surface area contributed by atoms with Gasteiger partial charge in [-0.15, -0.1) is 0 Å². The van der Waals surface area contributed by atoms with E-state index in [1.165, 1.54) is 11.1 Å². The molecule has 0 bridgehead atoms. The normalized spacial score (nSPS) is 12.8. The molecule has 0 saturated carbocycles. The first-order chi connectivity index (χ1) is 9.67. The van der Waals surface area contributed by atoms with Gasteiger partial charge in [-0.3, -0.25) is 0 Å². The topological polar surface area (TPSA) is 25.2 Å². The highest BCUT2D eigenvalue weighted by Gasteiger charge is 2.16. The number of hydrogen-bond donors (Lipinski definition) is 1. The van der Waals surface area contributed by atoms with Gasteiger partial charge in [0.2, 0.25) is 0 Å². The van der Waals surface area contributed by atoms with E-state index >= 15 is 0 Å². The fraction of sp³-hybridized carbons (Fsp3) is 0.176. The average molecular weight is 286 g/mol. The summed E-state index contributed by atoms with van der Waals surface area (Å²) in [7, 11) is 1.94. The van der Waals surface area contributed by atoms with Gasteiger partial charge in [0, 0.05) is 10.4 Å². The van der Waals surface area contributed by atoms with Crippen molar-refractivity contribution in [3.8, 4) is 0 Å². The molecule has 102 valence electrons. The van der Waals surface area contributed by atoms with Crippen molar-refractivity contribution in [3.63, 3.8) is 0 Å². The summed E-state index contributed by atoms with van der Waals surface area (Å²) in [5.74, 6) is 0.897. The van der Waals surface area contributed by atoms with Crippen molar-refractivity contribution in [1.82, 2.24) is 5.32 Å². The second-order valence-electron chi connectivity index (χ2n) is 4.96. The van der Waals surface area contributed by atoms with Crippen LogP contribution in [-0.2, 0) is 0 Å². The number of halogens is 1. The summed E-state index contributed by atoms with van der Waals surface area (Å²) in [5.41, 5.74) is 3.29. The van der Waals surface area contributed by atoms with E-state index in [4.69, 9.17) is 16.0 Å². The predicted octanol–water partition coefficient (Wildman–Crippen LogP) is 4.70. The van der Waals surface area contributed by atoms with Crippen molar-refractivity contribution in [2.24, 2.45) is 0 Å². The Labute approximate surface area is 123 Å². The first-order valence-corrected chi connectivity index (χ1v) is 6.98. The van der Waals surface area contributed by atoms with Gasteiger partial charge < -0.3 is 9.73 Å². The molecule has 0 aliphatic carbocycles. The number of fused-ring (bicyclic) bond motifs is 1. The summed E-state index contributed by atoms with van der Waals surface area (Å²) < 4.78 is 5.94. The molecule has 0 saturated heterocycles. The standard InChI is InChI=1S/C17H16ClNO/c1-11-3-5-12(6-4-11)17(19-2)16-10-13-9-14(18)7-8-15(13)20-16/h3-10,17,19H,1-2H3. The van der Waals surface area contributed by atoms with Crippen LogP contribution in [0.4, 0.5) is 0 Å². The molecule has 20 heavy (non-hydrogen) atoms. The molecular formula is C17H16ClNO. The third kappa shape index (κ3) is 2.45. The maximum absolute atomic E-state index is 6.02. The number of furan rings is 1. The van der Waals surface area contributed by atoms with E-state index in [9.17, 15) is 0 Å². The molecule has 1 N–H and O–H groups in total. The molecule has 1 unspecified atom stereocenters. The fourth-order valence-electron chi connectivity index (χ4n) is 2.41. The van der Waals surface area contributed by atoms with Gasteiger partial charge in [0.05, 0.1) is 6.04 Å². The van der Waals surface area contributed by atoms with Gasteiger partial charge >= 0.3 is 0 Å². The molecule has 0 aliphatic rings. The lowest BCUT2D eigenvalue weighted by Gasteiger charge is -2.14. The van der Waals surface area contributed by atoms with Crippen LogP contribution in [0.25, 0.3) is 11.0 Å². The molecule has 1 aromatic heterocycles. The first kappa shape index (κ1) is 13.2. The van der Waals surface area contributed by atoms with Crippen molar-refractivity contribution in [3.05, 3.63) is 70.4 Å². The largest absolute Gasteiger partial charge is 0.459 e. The Kier molecular flexibility index (Phi) is 3.51. The molecule has 3 aromatic rings. The van der Waals surface area contributed by atoms with Crippen molar-refractivity contribution in [2.75, 3.05) is 7.05 Å². The van der Waals surface area contributed by atoms with E-state index < -0.39 is 0 Å². The van der Waals surface area contributed by atoms with Gasteiger partial charge in [0.25, 0.3) is 0 Å². The molecule has 1 atom stereocenters. The SMILES string of the molecule is CNC(c1ccc(C)cc1)c1cc2cc(Cl)ccc2o1. The second-order valence-corrected chi connectivity index (χ2v) is 5.40. The summed E-state index contributed by atoms with van der Waals surface area (Å²) >= 11 is 6.02. The minimum atomic E-state index is 0.0433. The highest BCUT2D eigenvalue weighted by molar-refractivity contribution is 6.31. The average Bonchev–Trinajstić information content (AvgIpc) is 2.84. The molecule has 0 spiro atoms. The molecule has 2 aromatic carbocycles. The van der Waals surface area contributed by atoms with E-state index in [2.05, 4.69) is 36.5 Å². The summed E-state index contributed by atoms with van der Waals surface area (Å²) in [5, 5.41) is 5.05. The van der Waals surface area contributed by atoms with Crippen LogP contribution >= 0.6 is 11.6 Å². The van der Waals surface area contributed by atoms with Crippen molar-refractivity contribution in [2.45, 2.75) is 13.0 Å². The number of aryl methyl sites for hydroxylation is 1. The van der Waals surface area contributed by atoms with Crippen molar-refractivity contribution >= 4 is 22.6 Å². The summed E-state index contributed by atoms with van der Waals surface area (Å²) in [6, 6.07) is 16.2. The quantitative estimate of drug-likeness (QED) is 0.754. The molecule has 3 rings (SSSR count). The van der Waals surface area contributed by atoms with Crippen LogP contribution in [-0.4, -0.2) is 7.05 Å². The highest BCUT2D eigenvalue weighted by atomic mass is 35.5. The molecule has 1 heterocycles. The van der Waals surface area contributed by atoms with Gasteiger partial charge in [-0.05, 0) is 43.8 Å². The van der Waals surface area contributed by atoms with E-state index in [0.29, 0.717) is 0 Å². The molecule has 0 fully saturated rings. The van der Waals surface area contributed by atoms with Gasteiger partial charge in [-0.25, -0.2) is 0 Å². The van der Waals surface area contributed by atoms with Gasteiger partial charge in [0.1, 0.15) is 11.3 Å². The van der Waals surface area contributed by atoms with Gasteiger partial charge in [-0.2, -0.15) is 0 Å². The summed E-state index contributed by atoms with van der Waals surface area (Å²) in [4.78, 5) is 0. The van der Waals surface area contributed by atoms with Crippen LogP contribution in [0.3, 0.4) is 0 Å². The third-order valence-electron chi connectivity index (χ3n) is 3.48. The van der Waals surface area contributed by atoms with Crippen LogP contribution in [0.1, 0.15) is 22.9 Å². The minimum absolute atomic E-state index is 0.0433. The molecule has 3 heteroatoms. The Balaban J connectivity index is 2.04. The van der Waals surface area contributed by atoms with E-state index in [1.54, 1.807) is 0 Å². The Morgan fingerprint density at radius 2 is 1.80 bits per heavy atom. The first-order valence-electron chi connectivity index (χ1n) is 6.60. The number of rotatable bonds is 3. The van der Waals surface area contributed by atoms with Crippen LogP contribution in [0.5, 0.6) is 0 Å². The lowest BCUT2D eigenvalue weighted by molar-refractivity contribution is 0.491. The zero-order valence-corrected chi connectivity index (χ0v) is 12.2. The van der Waals surface area contributed by atoms with Gasteiger partial charge in [0.15, 0.2) is 0 Å². The molecule has 0 amide bonds. The summed E-state index contributed by atoms with van der Waals surface area (Å²) in [6.45, 7) is 2.08. The third-order valence-corrected chi connectivity index (χ3v) is 3.72. The van der Waals surface area contributed by atoms with Crippen LogP contribution in [0.15, 0.2) is 52.9 Å². The van der Waals surface area contributed by atoms with Crippen LogP contribution in [0.2, 0.25) is 5.02 Å². The second kappa shape index (κ2) is 5.31. The minimum Gasteiger partial charge on any atom is -0.459 e. The fourth-order valence-corrected chi connectivity index (χ4v) is 2.59. The van der Waals surface area contributed by atoms with Crippen molar-refractivity contribution < 1.29 is 4.42 Å². The van der Waals surface area contributed by atoms with E-state index in [1.807, 2.05) is 31.3 Å². The Morgan fingerprint density at radius 1 is 1.05 bits per heavy atom. The summed E-state index contributed by atoms with van der Waals surface area (Å²) in [6.07, 6.45) is 0. The lowest BCUT2D eigenvalue weighted by Crippen LogP contribution is -2.16. The zero-order chi connectivity index (χ0) is 14.1. The van der Waals surface area contributed by atoms with Crippen molar-refractivity contribution in [1.29, 1.82) is 0 Å². The van der Waals surface area contributed by atoms with Crippen LogP contribution in [0, 0.1) is 6.92 Å². The van der Waals surface area contributed by atoms with E-state index in [-0.39, 0.29) is 6.04 Å². The maximum atomic E-state index is 6.02. The van der Waals surface area contributed by atoms with Crippen LogP contribution < -0.4 is 5.32 Å². The number of nitrogens with one attached hydrogen (secondary N) is 1. The van der Waals surface area contributed by atoms with E-state index in [0.717, 1.165) is 21.8 Å².